The molecule has 0 aromatic heterocycles. The number of benzene rings is 1. The predicted molar refractivity (Wildman–Crippen MR) is 78.3 cm³/mol. The Balaban J connectivity index is 1.99. The molecule has 1 saturated heterocycles. The summed E-state index contributed by atoms with van der Waals surface area (Å²) >= 11 is 17.3. The van der Waals surface area contributed by atoms with E-state index in [0.29, 0.717) is 22.9 Å². The minimum Gasteiger partial charge on any atom is -0.307 e. The molecular weight excluding hydrogens is 289 g/mol. The van der Waals surface area contributed by atoms with Crippen molar-refractivity contribution in [1.29, 1.82) is 0 Å². The summed E-state index contributed by atoms with van der Waals surface area (Å²) in [5, 5.41) is 1.22. The van der Waals surface area contributed by atoms with Crippen molar-refractivity contribution >= 4 is 46.3 Å². The molecule has 1 aliphatic rings. The van der Waals surface area contributed by atoms with E-state index in [2.05, 4.69) is 0 Å². The lowest BCUT2D eigenvalue weighted by Crippen LogP contribution is -2.30. The van der Waals surface area contributed by atoms with Crippen LogP contribution in [0, 0.1) is 0 Å². The second-order valence-corrected chi connectivity index (χ2v) is 5.53. The Morgan fingerprint density at radius 2 is 2.00 bits per heavy atom. The molecule has 1 heterocycles. The van der Waals surface area contributed by atoms with Gasteiger partial charge >= 0.3 is 0 Å². The topological polar surface area (TPSA) is 20.3 Å². The van der Waals surface area contributed by atoms with Gasteiger partial charge in [-0.2, -0.15) is 0 Å². The van der Waals surface area contributed by atoms with E-state index >= 15 is 0 Å². The minimum absolute atomic E-state index is 0.0634. The summed E-state index contributed by atoms with van der Waals surface area (Å²) in [6.07, 6.45) is 2.76. The summed E-state index contributed by atoms with van der Waals surface area (Å²) in [4.78, 5) is 14.5. The van der Waals surface area contributed by atoms with Gasteiger partial charge in [0, 0.05) is 29.4 Å². The number of nitrogens with zero attached hydrogens (tertiary/aromatic N) is 1. The lowest BCUT2D eigenvalue weighted by atomic mass is 10.1. The largest absolute Gasteiger partial charge is 0.307 e. The van der Waals surface area contributed by atoms with Gasteiger partial charge in [0.2, 0.25) is 5.91 Å². The molecule has 0 radical (unpaired) electrons. The molecule has 96 valence electrons. The van der Waals surface area contributed by atoms with Gasteiger partial charge in [-0.05, 0) is 30.5 Å². The van der Waals surface area contributed by atoms with E-state index in [0.717, 1.165) is 29.9 Å². The summed E-state index contributed by atoms with van der Waals surface area (Å²) in [5.74, 6) is 0.0634. The molecule has 1 amide bonds. The molecule has 1 fully saturated rings. The van der Waals surface area contributed by atoms with Gasteiger partial charge in [-0.3, -0.25) is 4.79 Å². The first kappa shape index (κ1) is 13.8. The Hall–Kier alpha value is -0.640. The van der Waals surface area contributed by atoms with Crippen LogP contribution in [0.25, 0.3) is 0 Å². The number of hydrogen-bond acceptors (Lipinski definition) is 2. The van der Waals surface area contributed by atoms with E-state index in [-0.39, 0.29) is 5.91 Å². The van der Waals surface area contributed by atoms with E-state index < -0.39 is 0 Å². The number of thiocarbonyl (C=S) groups is 1. The third kappa shape index (κ3) is 3.02. The fourth-order valence-electron chi connectivity index (χ4n) is 2.05. The van der Waals surface area contributed by atoms with Gasteiger partial charge in [0.1, 0.15) is 0 Å². The molecule has 1 aromatic rings. The zero-order chi connectivity index (χ0) is 13.1. The van der Waals surface area contributed by atoms with Crippen LogP contribution in [0.5, 0.6) is 0 Å². The first-order valence-corrected chi connectivity index (χ1v) is 7.02. The Labute approximate surface area is 122 Å². The first-order valence-electron chi connectivity index (χ1n) is 5.85. The van der Waals surface area contributed by atoms with E-state index in [1.54, 1.807) is 23.1 Å². The maximum Gasteiger partial charge on any atom is 0.227 e. The van der Waals surface area contributed by atoms with Crippen LogP contribution in [-0.4, -0.2) is 22.3 Å². The number of likely N-dealkylation sites (tertiary alicyclic amines) is 1. The predicted octanol–water partition coefficient (Wildman–Crippen LogP) is 3.88. The van der Waals surface area contributed by atoms with Crippen LogP contribution in [0.1, 0.15) is 24.8 Å². The van der Waals surface area contributed by atoms with Gasteiger partial charge in [0.05, 0.1) is 4.99 Å². The van der Waals surface area contributed by atoms with Gasteiger partial charge in [-0.25, -0.2) is 0 Å². The lowest BCUT2D eigenvalue weighted by Gasteiger charge is -2.16. The SMILES string of the molecule is O=C(CCc1c(Cl)cccc1Cl)N1CCCC1=S. The van der Waals surface area contributed by atoms with Crippen LogP contribution in [0.3, 0.4) is 0 Å². The summed E-state index contributed by atoms with van der Waals surface area (Å²) in [6, 6.07) is 5.37. The highest BCUT2D eigenvalue weighted by molar-refractivity contribution is 7.80. The van der Waals surface area contributed by atoms with E-state index in [1.807, 2.05) is 0 Å². The van der Waals surface area contributed by atoms with Crippen molar-refractivity contribution in [3.8, 4) is 0 Å². The smallest absolute Gasteiger partial charge is 0.227 e. The standard InChI is InChI=1S/C13H13Cl2NOS/c14-10-3-1-4-11(15)9(10)6-7-12(17)16-8-2-5-13(16)18/h1,3-4H,2,5-8H2. The van der Waals surface area contributed by atoms with Crippen molar-refractivity contribution in [3.05, 3.63) is 33.8 Å². The number of rotatable bonds is 3. The van der Waals surface area contributed by atoms with E-state index in [4.69, 9.17) is 35.4 Å². The quantitative estimate of drug-likeness (QED) is 0.790. The number of carbonyl (C=O) groups is 1. The second kappa shape index (κ2) is 6.00. The fraction of sp³-hybridized carbons (Fsp3) is 0.385. The number of amides is 1. The van der Waals surface area contributed by atoms with Crippen LogP contribution in [0.2, 0.25) is 10.0 Å². The van der Waals surface area contributed by atoms with Gasteiger partial charge < -0.3 is 4.90 Å². The summed E-state index contributed by atoms with van der Waals surface area (Å²) in [5.41, 5.74) is 0.833. The second-order valence-electron chi connectivity index (χ2n) is 4.24. The average molecular weight is 302 g/mol. The molecule has 0 spiro atoms. The lowest BCUT2D eigenvalue weighted by molar-refractivity contribution is -0.126. The molecule has 1 aliphatic heterocycles. The van der Waals surface area contributed by atoms with E-state index in [1.165, 1.54) is 0 Å². The molecule has 0 atom stereocenters. The minimum atomic E-state index is 0.0634. The zero-order valence-electron chi connectivity index (χ0n) is 9.79. The maximum atomic E-state index is 12.0. The highest BCUT2D eigenvalue weighted by Crippen LogP contribution is 2.26. The third-order valence-electron chi connectivity index (χ3n) is 3.03. The molecule has 0 saturated carbocycles. The Bertz CT molecular complexity index is 470. The van der Waals surface area contributed by atoms with Crippen LogP contribution < -0.4 is 0 Å². The highest BCUT2D eigenvalue weighted by atomic mass is 35.5. The Morgan fingerprint density at radius 1 is 1.33 bits per heavy atom. The van der Waals surface area contributed by atoms with Crippen molar-refractivity contribution in [2.45, 2.75) is 25.7 Å². The number of carbonyl (C=O) groups excluding carboxylic acids is 1. The van der Waals surface area contributed by atoms with Crippen molar-refractivity contribution in [1.82, 2.24) is 4.90 Å². The van der Waals surface area contributed by atoms with Crippen LogP contribution >= 0.6 is 35.4 Å². The Kier molecular flexibility index (Phi) is 4.60. The average Bonchev–Trinajstić information content (AvgIpc) is 2.74. The molecule has 5 heteroatoms. The zero-order valence-corrected chi connectivity index (χ0v) is 12.1. The van der Waals surface area contributed by atoms with Crippen molar-refractivity contribution in [2.24, 2.45) is 0 Å². The number of hydrogen-bond donors (Lipinski definition) is 0. The molecular formula is C13H13Cl2NOS. The highest BCUT2D eigenvalue weighted by Gasteiger charge is 2.23. The van der Waals surface area contributed by atoms with Crippen molar-refractivity contribution in [2.75, 3.05) is 6.54 Å². The molecule has 2 rings (SSSR count). The van der Waals surface area contributed by atoms with Crippen LogP contribution in [0.4, 0.5) is 0 Å². The number of halogens is 2. The van der Waals surface area contributed by atoms with Crippen molar-refractivity contribution in [3.63, 3.8) is 0 Å². The van der Waals surface area contributed by atoms with Gasteiger partial charge in [-0.15, -0.1) is 0 Å². The third-order valence-corrected chi connectivity index (χ3v) is 4.16. The van der Waals surface area contributed by atoms with E-state index in [9.17, 15) is 4.79 Å². The molecule has 18 heavy (non-hydrogen) atoms. The van der Waals surface area contributed by atoms with Gasteiger partial charge in [0.15, 0.2) is 0 Å². The molecule has 0 bridgehead atoms. The fourth-order valence-corrected chi connectivity index (χ4v) is 2.97. The molecule has 2 nitrogen and oxygen atoms in total. The Morgan fingerprint density at radius 3 is 2.56 bits per heavy atom. The van der Waals surface area contributed by atoms with Crippen LogP contribution in [-0.2, 0) is 11.2 Å². The van der Waals surface area contributed by atoms with Gasteiger partial charge in [0.25, 0.3) is 0 Å². The summed E-state index contributed by atoms with van der Waals surface area (Å²) in [6.45, 7) is 0.744. The first-order chi connectivity index (χ1) is 8.59. The maximum absolute atomic E-state index is 12.0. The molecule has 0 unspecified atom stereocenters. The molecule has 0 N–H and O–H groups in total. The summed E-state index contributed by atoms with van der Waals surface area (Å²) < 4.78 is 0. The molecule has 0 aliphatic carbocycles. The summed E-state index contributed by atoms with van der Waals surface area (Å²) in [7, 11) is 0. The normalized spacial score (nSPS) is 15.2. The van der Waals surface area contributed by atoms with Crippen LogP contribution in [0.15, 0.2) is 18.2 Å². The monoisotopic (exact) mass is 301 g/mol. The van der Waals surface area contributed by atoms with Crippen molar-refractivity contribution < 1.29 is 4.79 Å². The molecule has 1 aromatic carbocycles. The van der Waals surface area contributed by atoms with Gasteiger partial charge in [-0.1, -0.05) is 41.5 Å².